The van der Waals surface area contributed by atoms with Crippen LogP contribution in [-0.4, -0.2) is 5.16 Å². The molecule has 0 fully saturated rings. The fourth-order valence-corrected chi connectivity index (χ4v) is 1.95. The lowest BCUT2D eigenvalue weighted by Gasteiger charge is -2.06. The van der Waals surface area contributed by atoms with Crippen LogP contribution < -0.4 is 0 Å². The molecule has 0 aliphatic rings. The van der Waals surface area contributed by atoms with Crippen molar-refractivity contribution in [3.63, 3.8) is 0 Å². The van der Waals surface area contributed by atoms with Gasteiger partial charge in [0.1, 0.15) is 5.69 Å². The molecule has 2 nitrogen and oxygen atoms in total. The second-order valence-electron chi connectivity index (χ2n) is 2.53. The summed E-state index contributed by atoms with van der Waals surface area (Å²) in [6, 6.07) is 7.70. The van der Waals surface area contributed by atoms with Gasteiger partial charge in [0.15, 0.2) is 7.73 Å². The van der Waals surface area contributed by atoms with Gasteiger partial charge in [0, 0.05) is 5.39 Å². The van der Waals surface area contributed by atoms with Gasteiger partial charge in [0.05, 0.1) is 0 Å². The summed E-state index contributed by atoms with van der Waals surface area (Å²) in [7, 11) is 0. The van der Waals surface area contributed by atoms with E-state index in [1.165, 1.54) is 0 Å². The third kappa shape index (κ3) is 1.82. The first kappa shape index (κ1) is 9.68. The van der Waals surface area contributed by atoms with Gasteiger partial charge in [0.25, 0.3) is 0 Å². The van der Waals surface area contributed by atoms with E-state index in [1.807, 2.05) is 24.3 Å². The molecule has 0 aliphatic heterocycles. The van der Waals surface area contributed by atoms with Crippen LogP contribution >= 0.6 is 47.8 Å². The van der Waals surface area contributed by atoms with Crippen LogP contribution in [0.15, 0.2) is 28.8 Å². The number of rotatable bonds is 0. The molecule has 1 aromatic carbocycles. The van der Waals surface area contributed by atoms with E-state index < -0.39 is 2.14 Å². The fraction of sp³-hybridized carbons (Fsp3) is 0.125. The molecule has 0 radical (unpaired) electrons. The summed E-state index contributed by atoms with van der Waals surface area (Å²) in [6.07, 6.45) is 0. The monoisotopic (exact) mass is 367 g/mol. The second kappa shape index (κ2) is 3.37. The molecule has 0 amide bonds. The lowest BCUT2D eigenvalue weighted by molar-refractivity contribution is 0.449. The van der Waals surface area contributed by atoms with Crippen LogP contribution in [0, 0.1) is 0 Å². The number of hydrogen-bond acceptors (Lipinski definition) is 2. The van der Waals surface area contributed by atoms with Gasteiger partial charge < -0.3 is 4.52 Å². The van der Waals surface area contributed by atoms with Gasteiger partial charge in [-0.15, -0.1) is 0 Å². The lowest BCUT2D eigenvalue weighted by Crippen LogP contribution is -1.97. The molecule has 0 N–H and O–H groups in total. The highest BCUT2D eigenvalue weighted by Gasteiger charge is 2.27. The Balaban J connectivity index is 2.72. The van der Waals surface area contributed by atoms with Gasteiger partial charge in [-0.3, -0.25) is 0 Å². The molecule has 2 rings (SSSR count). The van der Waals surface area contributed by atoms with Crippen molar-refractivity contribution in [2.24, 2.45) is 0 Å². The summed E-state index contributed by atoms with van der Waals surface area (Å²) in [5, 5.41) is 4.93. The van der Waals surface area contributed by atoms with Crippen molar-refractivity contribution in [1.82, 2.24) is 5.16 Å². The molecule has 68 valence electrons. The highest BCUT2D eigenvalue weighted by molar-refractivity contribution is 9.38. The lowest BCUT2D eigenvalue weighted by atomic mass is 10.2. The maximum atomic E-state index is 5.14. The molecule has 0 spiro atoms. The zero-order chi connectivity index (χ0) is 9.47. The third-order valence-corrected chi connectivity index (χ3v) is 2.77. The molecule has 0 unspecified atom stereocenters. The van der Waals surface area contributed by atoms with Gasteiger partial charge in [-0.2, -0.15) is 0 Å². The molecule has 5 heteroatoms. The molecule has 0 bridgehead atoms. The van der Waals surface area contributed by atoms with E-state index in [9.17, 15) is 0 Å². The Morgan fingerprint density at radius 1 is 1.15 bits per heavy atom. The van der Waals surface area contributed by atoms with Crippen molar-refractivity contribution < 1.29 is 4.52 Å². The first-order valence-corrected chi connectivity index (χ1v) is 5.88. The number of alkyl halides is 3. The summed E-state index contributed by atoms with van der Waals surface area (Å²) < 4.78 is 4.62. The van der Waals surface area contributed by atoms with Gasteiger partial charge in [-0.05, 0) is 12.1 Å². The molecule has 2 aromatic rings. The van der Waals surface area contributed by atoms with Crippen LogP contribution in [0.1, 0.15) is 5.69 Å². The number of halogens is 3. The molecule has 0 saturated carbocycles. The molecule has 0 aliphatic carbocycles. The molecule has 1 aromatic heterocycles. The first-order valence-electron chi connectivity index (χ1n) is 3.50. The standard InChI is InChI=1S/C8H4Br3NO/c9-8(10,11)7-5-3-1-2-4-6(5)13-12-7/h1-4H. The van der Waals surface area contributed by atoms with Gasteiger partial charge in [0.2, 0.25) is 0 Å². The van der Waals surface area contributed by atoms with Crippen LogP contribution in [0.25, 0.3) is 11.0 Å². The number of hydrogen-bond donors (Lipinski definition) is 0. The Kier molecular flexibility index (Phi) is 2.51. The minimum Gasteiger partial charge on any atom is -0.356 e. The summed E-state index contributed by atoms with van der Waals surface area (Å²) in [4.78, 5) is 0. The predicted octanol–water partition coefficient (Wildman–Crippen LogP) is 4.12. The van der Waals surface area contributed by atoms with Crippen LogP contribution in [0.4, 0.5) is 0 Å². The van der Waals surface area contributed by atoms with E-state index in [0.717, 1.165) is 16.7 Å². The minimum absolute atomic E-state index is 0.514. The van der Waals surface area contributed by atoms with Crippen molar-refractivity contribution in [3.8, 4) is 0 Å². The van der Waals surface area contributed by atoms with E-state index >= 15 is 0 Å². The first-order chi connectivity index (χ1) is 6.09. The Morgan fingerprint density at radius 3 is 2.54 bits per heavy atom. The van der Waals surface area contributed by atoms with Gasteiger partial charge in [-0.1, -0.05) is 65.1 Å². The normalized spacial score (nSPS) is 12.2. The van der Waals surface area contributed by atoms with Crippen molar-refractivity contribution >= 4 is 58.8 Å². The quantitative estimate of drug-likeness (QED) is 0.653. The second-order valence-corrected chi connectivity index (χ2v) is 9.29. The van der Waals surface area contributed by atoms with E-state index in [1.54, 1.807) is 0 Å². The van der Waals surface area contributed by atoms with E-state index in [0.29, 0.717) is 0 Å². The number of aromatic nitrogens is 1. The van der Waals surface area contributed by atoms with Crippen LogP contribution in [0.5, 0.6) is 0 Å². The van der Waals surface area contributed by atoms with E-state index in [-0.39, 0.29) is 0 Å². The third-order valence-electron chi connectivity index (χ3n) is 1.65. The SMILES string of the molecule is BrC(Br)(Br)c1noc2ccccc12. The Bertz CT molecular complexity index is 432. The maximum Gasteiger partial charge on any atom is 0.180 e. The highest BCUT2D eigenvalue weighted by Crippen LogP contribution is 2.46. The average Bonchev–Trinajstić information content (AvgIpc) is 2.45. The summed E-state index contributed by atoms with van der Waals surface area (Å²) in [5.41, 5.74) is 1.56. The van der Waals surface area contributed by atoms with Crippen LogP contribution in [-0.2, 0) is 2.14 Å². The van der Waals surface area contributed by atoms with Crippen molar-refractivity contribution in [3.05, 3.63) is 30.0 Å². The Labute approximate surface area is 100 Å². The summed E-state index contributed by atoms with van der Waals surface area (Å²) >= 11 is 10.2. The molecule has 0 saturated heterocycles. The van der Waals surface area contributed by atoms with Crippen LogP contribution in [0.2, 0.25) is 0 Å². The van der Waals surface area contributed by atoms with Crippen molar-refractivity contribution in [2.45, 2.75) is 2.14 Å². The maximum absolute atomic E-state index is 5.14. The number of nitrogens with zero attached hydrogens (tertiary/aromatic N) is 1. The fourth-order valence-electron chi connectivity index (χ4n) is 1.09. The number of benzene rings is 1. The average molecular weight is 370 g/mol. The molecule has 1 heterocycles. The van der Waals surface area contributed by atoms with Crippen molar-refractivity contribution in [2.75, 3.05) is 0 Å². The highest BCUT2D eigenvalue weighted by atomic mass is 80.0. The molecular formula is C8H4Br3NO. The zero-order valence-corrected chi connectivity index (χ0v) is 11.1. The number of para-hydroxylation sites is 1. The van der Waals surface area contributed by atoms with Crippen LogP contribution in [0.3, 0.4) is 0 Å². The van der Waals surface area contributed by atoms with Gasteiger partial charge in [-0.25, -0.2) is 0 Å². The predicted molar refractivity (Wildman–Crippen MR) is 62.5 cm³/mol. The summed E-state index contributed by atoms with van der Waals surface area (Å²) in [5.74, 6) is 0. The van der Waals surface area contributed by atoms with E-state index in [4.69, 9.17) is 4.52 Å². The van der Waals surface area contributed by atoms with Crippen molar-refractivity contribution in [1.29, 1.82) is 0 Å². The minimum atomic E-state index is -0.514. The van der Waals surface area contributed by atoms with E-state index in [2.05, 4.69) is 52.9 Å². The topological polar surface area (TPSA) is 26.0 Å². The molecule has 0 atom stereocenters. The number of fused-ring (bicyclic) bond motifs is 1. The molecular weight excluding hydrogens is 366 g/mol. The largest absolute Gasteiger partial charge is 0.356 e. The molecule has 13 heavy (non-hydrogen) atoms. The Morgan fingerprint density at radius 2 is 1.85 bits per heavy atom. The summed E-state index contributed by atoms with van der Waals surface area (Å²) in [6.45, 7) is 0. The zero-order valence-electron chi connectivity index (χ0n) is 6.30. The Hall–Kier alpha value is 0.130. The van der Waals surface area contributed by atoms with Gasteiger partial charge >= 0.3 is 0 Å². The smallest absolute Gasteiger partial charge is 0.180 e.